The molecule has 0 saturated carbocycles. The van der Waals surface area contributed by atoms with Crippen LogP contribution in [-0.4, -0.2) is 42.5 Å². The fourth-order valence-corrected chi connectivity index (χ4v) is 4.95. The van der Waals surface area contributed by atoms with E-state index in [1.54, 1.807) is 25.3 Å². The van der Waals surface area contributed by atoms with E-state index in [4.69, 9.17) is 4.74 Å². The number of likely N-dealkylation sites (tertiary alicyclic amines) is 1. The molecule has 0 atom stereocenters. The van der Waals surface area contributed by atoms with Crippen LogP contribution in [0.1, 0.15) is 39.2 Å². The molecule has 2 aromatic carbocycles. The van der Waals surface area contributed by atoms with Crippen molar-refractivity contribution >= 4 is 23.0 Å². The Morgan fingerprint density at radius 1 is 1.10 bits per heavy atom. The van der Waals surface area contributed by atoms with Crippen molar-refractivity contribution in [2.75, 3.05) is 31.6 Å². The third-order valence-corrected chi connectivity index (χ3v) is 6.54. The van der Waals surface area contributed by atoms with E-state index in [1.165, 1.54) is 0 Å². The van der Waals surface area contributed by atoms with Crippen molar-refractivity contribution in [3.8, 4) is 5.75 Å². The number of carbonyl (C=O) groups excluding carboxylic acids is 1. The SMILES string of the molecule is COc1cccc2c1N(c1ccccc1[N+](=O)[O-])CC21CCN(C(=O)C(C)(C)C)CC1. The molecule has 1 amide bonds. The van der Waals surface area contributed by atoms with Gasteiger partial charge in [0.1, 0.15) is 11.4 Å². The number of fused-ring (bicyclic) bond motifs is 2. The number of rotatable bonds is 3. The van der Waals surface area contributed by atoms with E-state index in [0.717, 1.165) is 24.1 Å². The molecule has 2 heterocycles. The molecule has 0 N–H and O–H groups in total. The second kappa shape index (κ2) is 7.55. The number of nitro benzene ring substituents is 1. The van der Waals surface area contributed by atoms with Crippen molar-refractivity contribution in [1.29, 1.82) is 0 Å². The average Bonchev–Trinajstić information content (AvgIpc) is 3.07. The van der Waals surface area contributed by atoms with E-state index in [-0.39, 0.29) is 21.9 Å². The van der Waals surface area contributed by atoms with Gasteiger partial charge in [0.25, 0.3) is 5.69 Å². The minimum Gasteiger partial charge on any atom is -0.495 e. The zero-order valence-corrected chi connectivity index (χ0v) is 18.6. The van der Waals surface area contributed by atoms with Crippen LogP contribution in [0, 0.1) is 15.5 Å². The van der Waals surface area contributed by atoms with Gasteiger partial charge >= 0.3 is 0 Å². The molecule has 31 heavy (non-hydrogen) atoms. The van der Waals surface area contributed by atoms with Crippen LogP contribution in [0.3, 0.4) is 0 Å². The summed E-state index contributed by atoms with van der Waals surface area (Å²) in [6.07, 6.45) is 1.62. The highest BCUT2D eigenvalue weighted by molar-refractivity contribution is 5.83. The summed E-state index contributed by atoms with van der Waals surface area (Å²) >= 11 is 0. The first-order chi connectivity index (χ1) is 14.7. The zero-order chi connectivity index (χ0) is 22.4. The van der Waals surface area contributed by atoms with Gasteiger partial charge in [-0.3, -0.25) is 14.9 Å². The molecule has 2 aromatic rings. The third-order valence-electron chi connectivity index (χ3n) is 6.54. The lowest BCUT2D eigenvalue weighted by Crippen LogP contribution is -2.49. The summed E-state index contributed by atoms with van der Waals surface area (Å²) in [6.45, 7) is 7.84. The van der Waals surface area contributed by atoms with Crippen molar-refractivity contribution in [2.24, 2.45) is 5.41 Å². The second-order valence-corrected chi connectivity index (χ2v) is 9.51. The molecule has 4 rings (SSSR count). The van der Waals surface area contributed by atoms with Crippen LogP contribution in [0.4, 0.5) is 17.1 Å². The first kappa shape index (κ1) is 21.2. The normalized spacial score (nSPS) is 17.5. The molecule has 1 fully saturated rings. The number of para-hydroxylation sites is 3. The summed E-state index contributed by atoms with van der Waals surface area (Å²) < 4.78 is 5.67. The average molecular weight is 424 g/mol. The molecule has 164 valence electrons. The fourth-order valence-electron chi connectivity index (χ4n) is 4.95. The fraction of sp³-hybridized carbons (Fsp3) is 0.458. The number of amides is 1. The number of methoxy groups -OCH3 is 1. The second-order valence-electron chi connectivity index (χ2n) is 9.51. The van der Waals surface area contributed by atoms with E-state index < -0.39 is 5.41 Å². The van der Waals surface area contributed by atoms with Crippen LogP contribution in [-0.2, 0) is 10.2 Å². The van der Waals surface area contributed by atoms with Gasteiger partial charge in [-0.25, -0.2) is 0 Å². The summed E-state index contributed by atoms with van der Waals surface area (Å²) in [5.41, 5.74) is 2.11. The number of ether oxygens (including phenoxy) is 1. The number of hydrogen-bond acceptors (Lipinski definition) is 5. The Labute approximate surface area is 182 Å². The summed E-state index contributed by atoms with van der Waals surface area (Å²) in [7, 11) is 1.63. The number of nitrogens with zero attached hydrogens (tertiary/aromatic N) is 3. The Hall–Kier alpha value is -3.09. The minimum absolute atomic E-state index is 0.0803. The van der Waals surface area contributed by atoms with Gasteiger partial charge in [0.15, 0.2) is 0 Å². The number of nitro groups is 1. The molecule has 0 aromatic heterocycles. The highest BCUT2D eigenvalue weighted by atomic mass is 16.6. The first-order valence-corrected chi connectivity index (χ1v) is 10.7. The van der Waals surface area contributed by atoms with Crippen molar-refractivity contribution in [3.05, 3.63) is 58.1 Å². The summed E-state index contributed by atoms with van der Waals surface area (Å²) in [4.78, 5) is 28.2. The Kier molecular flexibility index (Phi) is 5.15. The smallest absolute Gasteiger partial charge is 0.292 e. The largest absolute Gasteiger partial charge is 0.495 e. The highest BCUT2D eigenvalue weighted by Gasteiger charge is 2.48. The van der Waals surface area contributed by atoms with Gasteiger partial charge in [-0.1, -0.05) is 45.0 Å². The Morgan fingerprint density at radius 2 is 1.77 bits per heavy atom. The number of anilines is 2. The van der Waals surface area contributed by atoms with Crippen LogP contribution in [0.2, 0.25) is 0 Å². The standard InChI is InChI=1S/C24H29N3O4/c1-23(2,3)22(28)25-14-12-24(13-15-25)16-26(18-9-5-6-10-19(18)27(29)30)21-17(24)8-7-11-20(21)31-4/h5-11H,12-16H2,1-4H3. The van der Waals surface area contributed by atoms with Gasteiger partial charge in [-0.05, 0) is 30.5 Å². The van der Waals surface area contributed by atoms with Gasteiger partial charge in [0.05, 0.1) is 17.7 Å². The summed E-state index contributed by atoms with van der Waals surface area (Å²) in [5.74, 6) is 0.877. The van der Waals surface area contributed by atoms with Crippen LogP contribution >= 0.6 is 0 Å². The molecule has 0 radical (unpaired) electrons. The van der Waals surface area contributed by atoms with Gasteiger partial charge in [-0.2, -0.15) is 0 Å². The van der Waals surface area contributed by atoms with Crippen LogP contribution in [0.15, 0.2) is 42.5 Å². The molecule has 1 spiro atoms. The molecular weight excluding hydrogens is 394 g/mol. The molecule has 1 saturated heterocycles. The Balaban J connectivity index is 1.74. The minimum atomic E-state index is -0.405. The lowest BCUT2D eigenvalue weighted by atomic mass is 9.74. The molecule has 0 bridgehead atoms. The predicted octanol–water partition coefficient (Wildman–Crippen LogP) is 4.66. The van der Waals surface area contributed by atoms with Crippen molar-refractivity contribution in [3.63, 3.8) is 0 Å². The van der Waals surface area contributed by atoms with E-state index in [0.29, 0.717) is 31.1 Å². The number of benzene rings is 2. The van der Waals surface area contributed by atoms with Gasteiger partial charge in [-0.15, -0.1) is 0 Å². The maximum absolute atomic E-state index is 12.8. The first-order valence-electron chi connectivity index (χ1n) is 10.7. The highest BCUT2D eigenvalue weighted by Crippen LogP contribution is 2.54. The maximum Gasteiger partial charge on any atom is 0.292 e. The predicted molar refractivity (Wildman–Crippen MR) is 120 cm³/mol. The topological polar surface area (TPSA) is 75.9 Å². The van der Waals surface area contributed by atoms with E-state index >= 15 is 0 Å². The van der Waals surface area contributed by atoms with Crippen molar-refractivity contribution < 1.29 is 14.5 Å². The number of carbonyl (C=O) groups is 1. The Bertz CT molecular complexity index is 1020. The molecule has 7 nitrogen and oxygen atoms in total. The van der Waals surface area contributed by atoms with Gasteiger partial charge in [0, 0.05) is 36.5 Å². The molecule has 7 heteroatoms. The Morgan fingerprint density at radius 3 is 2.39 bits per heavy atom. The summed E-state index contributed by atoms with van der Waals surface area (Å²) in [5, 5.41) is 11.7. The van der Waals surface area contributed by atoms with Crippen LogP contribution in [0.5, 0.6) is 5.75 Å². The monoisotopic (exact) mass is 423 g/mol. The quantitative estimate of drug-likeness (QED) is 0.530. The van der Waals surface area contributed by atoms with E-state index in [2.05, 4.69) is 6.07 Å². The molecule has 2 aliphatic rings. The van der Waals surface area contributed by atoms with Crippen LogP contribution in [0.25, 0.3) is 0 Å². The van der Waals surface area contributed by atoms with Crippen LogP contribution < -0.4 is 9.64 Å². The van der Waals surface area contributed by atoms with Gasteiger partial charge < -0.3 is 14.5 Å². The van der Waals surface area contributed by atoms with E-state index in [9.17, 15) is 14.9 Å². The van der Waals surface area contributed by atoms with Crippen molar-refractivity contribution in [2.45, 2.75) is 39.0 Å². The van der Waals surface area contributed by atoms with Gasteiger partial charge in [0.2, 0.25) is 5.91 Å². The van der Waals surface area contributed by atoms with Crippen molar-refractivity contribution in [1.82, 2.24) is 4.90 Å². The zero-order valence-electron chi connectivity index (χ0n) is 18.6. The molecule has 2 aliphatic heterocycles. The van der Waals surface area contributed by atoms with E-state index in [1.807, 2.05) is 48.8 Å². The lowest BCUT2D eigenvalue weighted by molar-refractivity contribution is -0.384. The molecule has 0 unspecified atom stereocenters. The summed E-state index contributed by atoms with van der Waals surface area (Å²) in [6, 6.07) is 12.8. The number of hydrogen-bond donors (Lipinski definition) is 0. The molecular formula is C24H29N3O4. The maximum atomic E-state index is 12.8. The third kappa shape index (κ3) is 3.52. The lowest BCUT2D eigenvalue weighted by Gasteiger charge is -2.41. The number of piperidine rings is 1. The molecule has 0 aliphatic carbocycles.